The van der Waals surface area contributed by atoms with Gasteiger partial charge in [-0.2, -0.15) is 13.2 Å². The molecule has 2 N–H and O–H groups in total. The van der Waals surface area contributed by atoms with Crippen LogP contribution in [0.25, 0.3) is 11.0 Å². The molecule has 4 rings (SSSR count). The van der Waals surface area contributed by atoms with Crippen molar-refractivity contribution in [3.8, 4) is 0 Å². The lowest BCUT2D eigenvalue weighted by Crippen LogP contribution is -2.40. The number of aromatic nitrogens is 2. The Bertz CT molecular complexity index is 1110. The van der Waals surface area contributed by atoms with Crippen molar-refractivity contribution >= 4 is 28.6 Å². The van der Waals surface area contributed by atoms with Crippen molar-refractivity contribution in [2.75, 3.05) is 36.5 Å². The number of urea groups is 1. The molecule has 1 atom stereocenters. The minimum absolute atomic E-state index is 0.0836. The second-order valence-electron chi connectivity index (χ2n) is 7.18. The SMILES string of the molecule is Cc1c(C(NC(=O)Nc2cnc(N3CCOCC3)nc2)C(F)(F)F)oc2ccc(F)cc12. The molecule has 8 nitrogen and oxygen atoms in total. The first-order valence-corrected chi connectivity index (χ1v) is 9.70. The molecule has 0 radical (unpaired) electrons. The molecule has 1 aliphatic rings. The van der Waals surface area contributed by atoms with Gasteiger partial charge < -0.3 is 24.7 Å². The lowest BCUT2D eigenvalue weighted by atomic mass is 10.1. The summed E-state index contributed by atoms with van der Waals surface area (Å²) in [5, 5.41) is 4.36. The number of anilines is 2. The quantitative estimate of drug-likeness (QED) is 0.582. The van der Waals surface area contributed by atoms with Gasteiger partial charge in [0.25, 0.3) is 0 Å². The van der Waals surface area contributed by atoms with E-state index >= 15 is 0 Å². The highest BCUT2D eigenvalue weighted by molar-refractivity contribution is 5.89. The van der Waals surface area contributed by atoms with Crippen molar-refractivity contribution in [3.05, 3.63) is 47.7 Å². The first-order chi connectivity index (χ1) is 15.2. The molecule has 2 aromatic heterocycles. The van der Waals surface area contributed by atoms with Crippen molar-refractivity contribution in [1.29, 1.82) is 0 Å². The van der Waals surface area contributed by atoms with E-state index in [1.165, 1.54) is 25.4 Å². The molecular weight excluding hydrogens is 434 g/mol. The van der Waals surface area contributed by atoms with E-state index in [-0.39, 0.29) is 22.2 Å². The molecule has 1 aliphatic heterocycles. The van der Waals surface area contributed by atoms with Crippen LogP contribution in [-0.2, 0) is 4.74 Å². The molecule has 1 unspecified atom stereocenters. The number of carbonyl (C=O) groups is 1. The zero-order valence-electron chi connectivity index (χ0n) is 16.9. The molecule has 1 saturated heterocycles. The summed E-state index contributed by atoms with van der Waals surface area (Å²) in [6.07, 6.45) is -2.25. The van der Waals surface area contributed by atoms with Gasteiger partial charge in [-0.25, -0.2) is 19.2 Å². The number of carbonyl (C=O) groups excluding carboxylic acids is 1. The average Bonchev–Trinajstić information content (AvgIpc) is 3.08. The van der Waals surface area contributed by atoms with Crippen LogP contribution in [-0.4, -0.2) is 48.5 Å². The fraction of sp³-hybridized carbons (Fsp3) is 0.350. The largest absolute Gasteiger partial charge is 0.458 e. The van der Waals surface area contributed by atoms with Gasteiger partial charge in [-0.05, 0) is 25.1 Å². The summed E-state index contributed by atoms with van der Waals surface area (Å²) in [5.74, 6) is -0.701. The number of benzene rings is 1. The summed E-state index contributed by atoms with van der Waals surface area (Å²) in [7, 11) is 0. The number of alkyl halides is 3. The molecule has 0 bridgehead atoms. The molecule has 2 amide bonds. The number of halogens is 4. The molecule has 0 aliphatic carbocycles. The van der Waals surface area contributed by atoms with E-state index in [1.807, 2.05) is 10.2 Å². The third kappa shape index (κ3) is 4.59. The Morgan fingerprint density at radius 2 is 1.88 bits per heavy atom. The van der Waals surface area contributed by atoms with Crippen LogP contribution in [0.1, 0.15) is 17.4 Å². The maximum atomic E-state index is 13.7. The third-order valence-corrected chi connectivity index (χ3v) is 4.99. The minimum atomic E-state index is -4.86. The first kappa shape index (κ1) is 21.8. The van der Waals surface area contributed by atoms with Crippen molar-refractivity contribution in [3.63, 3.8) is 0 Å². The molecule has 32 heavy (non-hydrogen) atoms. The van der Waals surface area contributed by atoms with Crippen LogP contribution in [0.2, 0.25) is 0 Å². The summed E-state index contributed by atoms with van der Waals surface area (Å²) in [5.41, 5.74) is 0.284. The Morgan fingerprint density at radius 3 is 2.53 bits per heavy atom. The highest BCUT2D eigenvalue weighted by Crippen LogP contribution is 2.38. The highest BCUT2D eigenvalue weighted by Gasteiger charge is 2.45. The van der Waals surface area contributed by atoms with E-state index in [2.05, 4.69) is 15.3 Å². The van der Waals surface area contributed by atoms with Crippen molar-refractivity contribution in [1.82, 2.24) is 15.3 Å². The monoisotopic (exact) mass is 453 g/mol. The molecular formula is C20H19F4N5O3. The maximum Gasteiger partial charge on any atom is 0.416 e. The second kappa shape index (κ2) is 8.61. The number of hydrogen-bond donors (Lipinski definition) is 2. The molecule has 0 spiro atoms. The van der Waals surface area contributed by atoms with Crippen LogP contribution in [0.3, 0.4) is 0 Å². The number of ether oxygens (including phenoxy) is 1. The summed E-state index contributed by atoms with van der Waals surface area (Å²) >= 11 is 0. The Labute approximate surface area is 179 Å². The number of nitrogens with one attached hydrogen (secondary N) is 2. The molecule has 170 valence electrons. The van der Waals surface area contributed by atoms with Crippen molar-refractivity contribution < 1.29 is 31.5 Å². The Hall–Kier alpha value is -3.41. The van der Waals surface area contributed by atoms with Gasteiger partial charge in [0.1, 0.15) is 17.2 Å². The van der Waals surface area contributed by atoms with Crippen LogP contribution >= 0.6 is 0 Å². The van der Waals surface area contributed by atoms with E-state index in [4.69, 9.17) is 9.15 Å². The van der Waals surface area contributed by atoms with E-state index in [0.29, 0.717) is 32.3 Å². The van der Waals surface area contributed by atoms with Gasteiger partial charge in [0.05, 0.1) is 31.3 Å². The van der Waals surface area contributed by atoms with Gasteiger partial charge >= 0.3 is 12.2 Å². The van der Waals surface area contributed by atoms with Gasteiger partial charge in [0.2, 0.25) is 5.95 Å². The van der Waals surface area contributed by atoms with Crippen LogP contribution in [0.5, 0.6) is 0 Å². The second-order valence-corrected chi connectivity index (χ2v) is 7.18. The zero-order chi connectivity index (χ0) is 22.9. The fourth-order valence-electron chi connectivity index (χ4n) is 3.39. The summed E-state index contributed by atoms with van der Waals surface area (Å²) in [4.78, 5) is 22.5. The number of amides is 2. The highest BCUT2D eigenvalue weighted by atomic mass is 19.4. The summed E-state index contributed by atoms with van der Waals surface area (Å²) < 4.78 is 65.3. The summed E-state index contributed by atoms with van der Waals surface area (Å²) in [6.45, 7) is 3.68. The predicted molar refractivity (Wildman–Crippen MR) is 107 cm³/mol. The summed E-state index contributed by atoms with van der Waals surface area (Å²) in [6, 6.07) is -0.161. The molecule has 1 fully saturated rings. The lowest BCUT2D eigenvalue weighted by Gasteiger charge is -2.26. The number of furan rings is 1. The van der Waals surface area contributed by atoms with E-state index in [9.17, 15) is 22.4 Å². The van der Waals surface area contributed by atoms with Gasteiger partial charge in [-0.3, -0.25) is 0 Å². The standard InChI is InChI=1S/C20H19F4N5O3/c1-11-14-8-12(21)2-3-15(14)32-16(11)17(20(22,23)24)28-19(30)27-13-9-25-18(26-10-13)29-4-6-31-7-5-29/h2-3,8-10,17H,4-7H2,1H3,(H2,27,28,30). The lowest BCUT2D eigenvalue weighted by molar-refractivity contribution is -0.158. The number of aryl methyl sites for hydroxylation is 1. The van der Waals surface area contributed by atoms with Gasteiger partial charge in [-0.15, -0.1) is 0 Å². The number of hydrogen-bond acceptors (Lipinski definition) is 6. The number of morpholine rings is 1. The van der Waals surface area contributed by atoms with Crippen LogP contribution in [0.15, 0.2) is 35.0 Å². The van der Waals surface area contributed by atoms with Crippen LogP contribution in [0.4, 0.5) is 34.0 Å². The number of fused-ring (bicyclic) bond motifs is 1. The van der Waals surface area contributed by atoms with Crippen molar-refractivity contribution in [2.24, 2.45) is 0 Å². The maximum absolute atomic E-state index is 13.7. The van der Waals surface area contributed by atoms with E-state index in [0.717, 1.165) is 12.1 Å². The predicted octanol–water partition coefficient (Wildman–Crippen LogP) is 3.93. The molecule has 0 saturated carbocycles. The van der Waals surface area contributed by atoms with Crippen LogP contribution < -0.4 is 15.5 Å². The van der Waals surface area contributed by atoms with E-state index < -0.39 is 29.8 Å². The molecule has 3 heterocycles. The Morgan fingerprint density at radius 1 is 1.19 bits per heavy atom. The molecule has 3 aromatic rings. The fourth-order valence-corrected chi connectivity index (χ4v) is 3.39. The van der Waals surface area contributed by atoms with Crippen LogP contribution in [0, 0.1) is 12.7 Å². The Balaban J connectivity index is 1.50. The third-order valence-electron chi connectivity index (χ3n) is 4.99. The normalized spacial score (nSPS) is 15.6. The van der Waals surface area contributed by atoms with Gasteiger partial charge in [0.15, 0.2) is 6.04 Å². The first-order valence-electron chi connectivity index (χ1n) is 9.70. The van der Waals surface area contributed by atoms with Gasteiger partial charge in [-0.1, -0.05) is 0 Å². The molecule has 1 aromatic carbocycles. The minimum Gasteiger partial charge on any atom is -0.458 e. The van der Waals surface area contributed by atoms with Gasteiger partial charge in [0, 0.05) is 24.0 Å². The number of nitrogens with zero attached hydrogens (tertiary/aromatic N) is 3. The molecule has 12 heteroatoms. The topological polar surface area (TPSA) is 92.5 Å². The average molecular weight is 453 g/mol. The van der Waals surface area contributed by atoms with Crippen molar-refractivity contribution in [2.45, 2.75) is 19.1 Å². The smallest absolute Gasteiger partial charge is 0.416 e. The Kier molecular flexibility index (Phi) is 5.87. The zero-order valence-corrected chi connectivity index (χ0v) is 16.9. The number of rotatable bonds is 4. The van der Waals surface area contributed by atoms with E-state index in [1.54, 1.807) is 0 Å².